The van der Waals surface area contributed by atoms with Crippen molar-refractivity contribution in [3.8, 4) is 11.4 Å². The van der Waals surface area contributed by atoms with Crippen molar-refractivity contribution in [2.45, 2.75) is 13.8 Å². The third kappa shape index (κ3) is 2.14. The molecule has 0 unspecified atom stereocenters. The number of fused-ring (bicyclic) bond motifs is 1. The predicted molar refractivity (Wildman–Crippen MR) is 79.4 cm³/mol. The molecule has 0 fully saturated rings. The summed E-state index contributed by atoms with van der Waals surface area (Å²) in [5.74, 6) is 0.271. The molecule has 0 aliphatic carbocycles. The predicted octanol–water partition coefficient (Wildman–Crippen LogP) is 4.71. The van der Waals surface area contributed by atoms with Crippen LogP contribution >= 0.6 is 11.6 Å². The van der Waals surface area contributed by atoms with Crippen molar-refractivity contribution < 1.29 is 4.39 Å². The quantitative estimate of drug-likeness (QED) is 0.606. The van der Waals surface area contributed by atoms with Crippen LogP contribution in [0.2, 0.25) is 5.15 Å². The van der Waals surface area contributed by atoms with Crippen molar-refractivity contribution in [3.05, 3.63) is 58.5 Å². The van der Waals surface area contributed by atoms with E-state index in [1.54, 1.807) is 19.1 Å². The second kappa shape index (κ2) is 4.84. The van der Waals surface area contributed by atoms with Crippen LogP contribution in [0, 0.1) is 19.7 Å². The van der Waals surface area contributed by atoms with Gasteiger partial charge in [-0.2, -0.15) is 0 Å². The zero-order valence-electron chi connectivity index (χ0n) is 11.1. The molecule has 0 radical (unpaired) electrons. The molecule has 0 saturated carbocycles. The number of halogens is 2. The van der Waals surface area contributed by atoms with Crippen LogP contribution in [0.1, 0.15) is 11.1 Å². The van der Waals surface area contributed by atoms with Gasteiger partial charge in [0.15, 0.2) is 5.82 Å². The molecular weight excluding hydrogens is 275 g/mol. The molecule has 2 nitrogen and oxygen atoms in total. The van der Waals surface area contributed by atoms with E-state index in [-0.39, 0.29) is 5.82 Å². The van der Waals surface area contributed by atoms with E-state index < -0.39 is 0 Å². The molecular formula is C16H12ClFN2. The van der Waals surface area contributed by atoms with Crippen LogP contribution < -0.4 is 0 Å². The molecule has 0 aliphatic heterocycles. The SMILES string of the molecule is Cc1cc(-c2nc(Cl)c3c(C)cccc3n2)ccc1F. The first-order valence-electron chi connectivity index (χ1n) is 6.25. The van der Waals surface area contributed by atoms with Crippen LogP contribution in [0.15, 0.2) is 36.4 Å². The van der Waals surface area contributed by atoms with E-state index in [9.17, 15) is 4.39 Å². The van der Waals surface area contributed by atoms with E-state index in [0.717, 1.165) is 22.0 Å². The zero-order chi connectivity index (χ0) is 14.3. The van der Waals surface area contributed by atoms with Crippen molar-refractivity contribution in [1.82, 2.24) is 9.97 Å². The molecule has 0 bridgehead atoms. The highest BCUT2D eigenvalue weighted by atomic mass is 35.5. The standard InChI is InChI=1S/C16H12ClFN2/c1-9-4-3-5-13-14(9)15(17)20-16(19-13)11-6-7-12(18)10(2)8-11/h3-8H,1-2H3. The summed E-state index contributed by atoms with van der Waals surface area (Å²) in [6.07, 6.45) is 0. The number of hydrogen-bond donors (Lipinski definition) is 0. The molecule has 0 saturated heterocycles. The monoisotopic (exact) mass is 286 g/mol. The van der Waals surface area contributed by atoms with Gasteiger partial charge in [0.25, 0.3) is 0 Å². The molecule has 4 heteroatoms. The highest BCUT2D eigenvalue weighted by molar-refractivity contribution is 6.34. The molecule has 0 spiro atoms. The maximum atomic E-state index is 13.3. The Balaban J connectivity index is 2.25. The van der Waals surface area contributed by atoms with E-state index in [1.807, 2.05) is 25.1 Å². The second-order valence-electron chi connectivity index (χ2n) is 4.77. The van der Waals surface area contributed by atoms with Gasteiger partial charge in [0.1, 0.15) is 11.0 Å². The molecule has 2 aromatic carbocycles. The molecule has 0 aliphatic rings. The number of nitrogens with zero attached hydrogens (tertiary/aromatic N) is 2. The highest BCUT2D eigenvalue weighted by Crippen LogP contribution is 2.27. The number of aryl methyl sites for hydroxylation is 2. The summed E-state index contributed by atoms with van der Waals surface area (Å²) in [6, 6.07) is 10.6. The molecule has 0 atom stereocenters. The molecule has 100 valence electrons. The Morgan fingerprint density at radius 3 is 2.55 bits per heavy atom. The van der Waals surface area contributed by atoms with Gasteiger partial charge in [0.05, 0.1) is 5.52 Å². The minimum absolute atomic E-state index is 0.239. The Bertz CT molecular complexity index is 815. The fourth-order valence-electron chi connectivity index (χ4n) is 2.21. The summed E-state index contributed by atoms with van der Waals surface area (Å²) in [4.78, 5) is 8.85. The van der Waals surface area contributed by atoms with Crippen LogP contribution in [-0.2, 0) is 0 Å². The minimum Gasteiger partial charge on any atom is -0.228 e. The van der Waals surface area contributed by atoms with Gasteiger partial charge < -0.3 is 0 Å². The Hall–Kier alpha value is -2.00. The van der Waals surface area contributed by atoms with Crippen molar-refractivity contribution in [1.29, 1.82) is 0 Å². The van der Waals surface area contributed by atoms with Crippen LogP contribution in [-0.4, -0.2) is 9.97 Å². The van der Waals surface area contributed by atoms with Crippen LogP contribution in [0.3, 0.4) is 0 Å². The first-order chi connectivity index (χ1) is 9.56. The van der Waals surface area contributed by atoms with Gasteiger partial charge in [-0.1, -0.05) is 23.7 Å². The van der Waals surface area contributed by atoms with E-state index >= 15 is 0 Å². The van der Waals surface area contributed by atoms with Crippen LogP contribution in [0.5, 0.6) is 0 Å². The fraction of sp³-hybridized carbons (Fsp3) is 0.125. The molecule has 0 N–H and O–H groups in total. The normalized spacial score (nSPS) is 11.0. The van der Waals surface area contributed by atoms with Gasteiger partial charge in [0.2, 0.25) is 0 Å². The summed E-state index contributed by atoms with van der Waals surface area (Å²) in [6.45, 7) is 3.69. The molecule has 0 amide bonds. The molecule has 3 rings (SSSR count). The summed E-state index contributed by atoms with van der Waals surface area (Å²) >= 11 is 6.26. The fourth-order valence-corrected chi connectivity index (χ4v) is 2.54. The van der Waals surface area contributed by atoms with Gasteiger partial charge in [-0.05, 0) is 49.2 Å². The van der Waals surface area contributed by atoms with E-state index in [0.29, 0.717) is 16.5 Å². The minimum atomic E-state index is -0.239. The number of rotatable bonds is 1. The number of hydrogen-bond acceptors (Lipinski definition) is 2. The van der Waals surface area contributed by atoms with Gasteiger partial charge in [0, 0.05) is 10.9 Å². The number of benzene rings is 2. The molecule has 20 heavy (non-hydrogen) atoms. The lowest BCUT2D eigenvalue weighted by Crippen LogP contribution is -1.94. The largest absolute Gasteiger partial charge is 0.228 e. The third-order valence-electron chi connectivity index (χ3n) is 3.30. The lowest BCUT2D eigenvalue weighted by atomic mass is 10.1. The van der Waals surface area contributed by atoms with E-state index in [2.05, 4.69) is 9.97 Å². The lowest BCUT2D eigenvalue weighted by Gasteiger charge is -2.07. The van der Waals surface area contributed by atoms with Crippen molar-refractivity contribution in [3.63, 3.8) is 0 Å². The topological polar surface area (TPSA) is 25.8 Å². The third-order valence-corrected chi connectivity index (χ3v) is 3.58. The van der Waals surface area contributed by atoms with E-state index in [1.165, 1.54) is 6.07 Å². The zero-order valence-corrected chi connectivity index (χ0v) is 11.9. The molecule has 1 aromatic heterocycles. The molecule has 3 aromatic rings. The maximum absolute atomic E-state index is 13.3. The Morgan fingerprint density at radius 1 is 1.00 bits per heavy atom. The second-order valence-corrected chi connectivity index (χ2v) is 5.13. The first-order valence-corrected chi connectivity index (χ1v) is 6.63. The van der Waals surface area contributed by atoms with Crippen molar-refractivity contribution in [2.24, 2.45) is 0 Å². The summed E-state index contributed by atoms with van der Waals surface area (Å²) in [5, 5.41) is 1.28. The maximum Gasteiger partial charge on any atom is 0.161 e. The van der Waals surface area contributed by atoms with Crippen LogP contribution in [0.25, 0.3) is 22.3 Å². The Labute approximate surface area is 121 Å². The van der Waals surface area contributed by atoms with Crippen molar-refractivity contribution in [2.75, 3.05) is 0 Å². The Kier molecular flexibility index (Phi) is 3.14. The van der Waals surface area contributed by atoms with E-state index in [4.69, 9.17) is 11.6 Å². The van der Waals surface area contributed by atoms with Gasteiger partial charge in [-0.15, -0.1) is 0 Å². The summed E-state index contributed by atoms with van der Waals surface area (Å²) in [7, 11) is 0. The highest BCUT2D eigenvalue weighted by Gasteiger charge is 2.10. The molecule has 1 heterocycles. The average molecular weight is 287 g/mol. The van der Waals surface area contributed by atoms with Gasteiger partial charge in [-0.3, -0.25) is 0 Å². The summed E-state index contributed by atoms with van der Waals surface area (Å²) in [5.41, 5.74) is 3.15. The number of aromatic nitrogens is 2. The average Bonchev–Trinajstić information content (AvgIpc) is 2.41. The summed E-state index contributed by atoms with van der Waals surface area (Å²) < 4.78 is 13.3. The van der Waals surface area contributed by atoms with Gasteiger partial charge in [-0.25, -0.2) is 14.4 Å². The Morgan fingerprint density at radius 2 is 1.80 bits per heavy atom. The smallest absolute Gasteiger partial charge is 0.161 e. The van der Waals surface area contributed by atoms with Crippen LogP contribution in [0.4, 0.5) is 4.39 Å². The first kappa shape index (κ1) is 13.0. The van der Waals surface area contributed by atoms with Gasteiger partial charge >= 0.3 is 0 Å². The lowest BCUT2D eigenvalue weighted by molar-refractivity contribution is 0.618. The van der Waals surface area contributed by atoms with Crippen molar-refractivity contribution >= 4 is 22.5 Å².